The third kappa shape index (κ3) is 3.01. The van der Waals surface area contributed by atoms with Crippen LogP contribution in [-0.4, -0.2) is 11.1 Å². The molecule has 0 N–H and O–H groups in total. The van der Waals surface area contributed by atoms with Crippen LogP contribution in [0.1, 0.15) is 12.5 Å². The molecule has 14 heavy (non-hydrogen) atoms. The molecule has 5 heteroatoms. The quantitative estimate of drug-likeness (QED) is 0.446. The van der Waals surface area contributed by atoms with E-state index in [-0.39, 0.29) is 5.17 Å². The van der Waals surface area contributed by atoms with Crippen LogP contribution in [0, 0.1) is 0 Å². The van der Waals surface area contributed by atoms with Crippen molar-refractivity contribution in [2.45, 2.75) is 6.92 Å². The number of benzene rings is 1. The van der Waals surface area contributed by atoms with Gasteiger partial charge in [0.05, 0.1) is 5.02 Å². The lowest BCUT2D eigenvalue weighted by Gasteiger charge is -1.99. The monoisotopic (exact) mass is 231 g/mol. The second kappa shape index (κ2) is 4.98. The van der Waals surface area contributed by atoms with Gasteiger partial charge in [0.15, 0.2) is 5.17 Å². The smallest absolute Gasteiger partial charge is 0.317 e. The summed E-state index contributed by atoms with van der Waals surface area (Å²) in [6.45, 7) is 1.24. The highest BCUT2D eigenvalue weighted by Gasteiger charge is 2.05. The zero-order valence-corrected chi connectivity index (χ0v) is 8.84. The minimum Gasteiger partial charge on any atom is -0.317 e. The van der Waals surface area contributed by atoms with Crippen LogP contribution in [0.5, 0.6) is 0 Å². The molecule has 0 saturated carbocycles. The minimum absolute atomic E-state index is 0.0470. The summed E-state index contributed by atoms with van der Waals surface area (Å²) >= 11 is 11.6. The van der Waals surface area contributed by atoms with Crippen molar-refractivity contribution in [3.63, 3.8) is 0 Å². The number of hydrogen-bond donors (Lipinski definition) is 0. The molecule has 0 bridgehead atoms. The molecule has 0 aliphatic rings. The van der Waals surface area contributed by atoms with Gasteiger partial charge in [0.2, 0.25) is 0 Å². The van der Waals surface area contributed by atoms with Gasteiger partial charge < -0.3 is 4.84 Å². The van der Waals surface area contributed by atoms with E-state index >= 15 is 0 Å². The lowest BCUT2D eigenvalue weighted by molar-refractivity contribution is -0.140. The van der Waals surface area contributed by atoms with Gasteiger partial charge >= 0.3 is 5.97 Å². The summed E-state index contributed by atoms with van der Waals surface area (Å²) in [6.07, 6.45) is 0. The van der Waals surface area contributed by atoms with Crippen LogP contribution in [0.4, 0.5) is 0 Å². The number of rotatable bonds is 2. The molecule has 0 saturated heterocycles. The molecule has 0 aliphatic heterocycles. The Morgan fingerprint density at radius 1 is 1.43 bits per heavy atom. The van der Waals surface area contributed by atoms with Crippen molar-refractivity contribution in [2.75, 3.05) is 0 Å². The molecule has 0 amide bonds. The average Bonchev–Trinajstić information content (AvgIpc) is 2.15. The van der Waals surface area contributed by atoms with Crippen molar-refractivity contribution >= 4 is 34.3 Å². The Labute approximate surface area is 91.3 Å². The standard InChI is InChI=1S/C9H7Cl2NO2/c1-6(13)14-12-9(11)7-4-2-3-5-8(7)10/h2-5H,1H3. The summed E-state index contributed by atoms with van der Waals surface area (Å²) in [5.74, 6) is -0.532. The SMILES string of the molecule is CC(=O)ON=C(Cl)c1ccccc1Cl. The van der Waals surface area contributed by atoms with Gasteiger partial charge in [-0.05, 0) is 6.07 Å². The van der Waals surface area contributed by atoms with Crippen molar-refractivity contribution in [3.05, 3.63) is 34.9 Å². The highest BCUT2D eigenvalue weighted by Crippen LogP contribution is 2.17. The van der Waals surface area contributed by atoms with Crippen LogP contribution in [0.15, 0.2) is 29.4 Å². The molecular weight excluding hydrogens is 225 g/mol. The fraction of sp³-hybridized carbons (Fsp3) is 0.111. The van der Waals surface area contributed by atoms with E-state index in [1.54, 1.807) is 24.3 Å². The second-order valence-corrected chi connectivity index (χ2v) is 3.21. The summed E-state index contributed by atoms with van der Waals surface area (Å²) in [4.78, 5) is 14.8. The molecule has 0 radical (unpaired) electrons. The van der Waals surface area contributed by atoms with Gasteiger partial charge in [-0.1, -0.05) is 46.6 Å². The first-order chi connectivity index (χ1) is 6.61. The fourth-order valence-electron chi connectivity index (χ4n) is 0.782. The first-order valence-corrected chi connectivity index (χ1v) is 4.53. The average molecular weight is 232 g/mol. The zero-order chi connectivity index (χ0) is 10.6. The van der Waals surface area contributed by atoms with Gasteiger partial charge in [-0.2, -0.15) is 0 Å². The predicted molar refractivity (Wildman–Crippen MR) is 55.6 cm³/mol. The Morgan fingerprint density at radius 3 is 2.64 bits per heavy atom. The molecule has 3 nitrogen and oxygen atoms in total. The van der Waals surface area contributed by atoms with Gasteiger partial charge in [-0.3, -0.25) is 0 Å². The van der Waals surface area contributed by atoms with E-state index in [0.717, 1.165) is 0 Å². The Kier molecular flexibility index (Phi) is 3.92. The number of hydrogen-bond acceptors (Lipinski definition) is 3. The van der Waals surface area contributed by atoms with Crippen LogP contribution in [0.3, 0.4) is 0 Å². The van der Waals surface area contributed by atoms with Crippen molar-refractivity contribution in [1.29, 1.82) is 0 Å². The molecule has 0 heterocycles. The van der Waals surface area contributed by atoms with Crippen LogP contribution in [0.25, 0.3) is 0 Å². The minimum atomic E-state index is -0.532. The summed E-state index contributed by atoms with van der Waals surface area (Å²) in [6, 6.07) is 6.87. The summed E-state index contributed by atoms with van der Waals surface area (Å²) in [5.41, 5.74) is 0.525. The van der Waals surface area contributed by atoms with Crippen LogP contribution < -0.4 is 0 Å². The number of carbonyl (C=O) groups is 1. The molecule has 1 aromatic rings. The molecule has 0 aromatic heterocycles. The van der Waals surface area contributed by atoms with E-state index in [0.29, 0.717) is 10.6 Å². The first-order valence-electron chi connectivity index (χ1n) is 3.77. The maximum atomic E-state index is 10.4. The van der Waals surface area contributed by atoms with Crippen molar-refractivity contribution < 1.29 is 9.63 Å². The van der Waals surface area contributed by atoms with Crippen molar-refractivity contribution in [3.8, 4) is 0 Å². The highest BCUT2D eigenvalue weighted by molar-refractivity contribution is 6.70. The van der Waals surface area contributed by atoms with Gasteiger partial charge in [0, 0.05) is 12.5 Å². The molecule has 0 fully saturated rings. The van der Waals surface area contributed by atoms with Crippen LogP contribution in [0.2, 0.25) is 5.02 Å². The van der Waals surface area contributed by atoms with E-state index in [2.05, 4.69) is 9.99 Å². The molecule has 1 aromatic carbocycles. The fourth-order valence-corrected chi connectivity index (χ4v) is 1.25. The number of carbonyl (C=O) groups excluding carboxylic acids is 1. The lowest BCUT2D eigenvalue weighted by Crippen LogP contribution is -1.97. The number of oxime groups is 1. The van der Waals surface area contributed by atoms with Gasteiger partial charge in [-0.15, -0.1) is 0 Å². The molecular formula is C9H7Cl2NO2. The van der Waals surface area contributed by atoms with Crippen molar-refractivity contribution in [2.24, 2.45) is 5.16 Å². The maximum Gasteiger partial charge on any atom is 0.332 e. The molecule has 0 atom stereocenters. The number of nitrogens with zero attached hydrogens (tertiary/aromatic N) is 1. The van der Waals surface area contributed by atoms with E-state index < -0.39 is 5.97 Å². The summed E-state index contributed by atoms with van der Waals surface area (Å²) in [5, 5.41) is 3.90. The van der Waals surface area contributed by atoms with E-state index in [4.69, 9.17) is 23.2 Å². The summed E-state index contributed by atoms with van der Waals surface area (Å²) in [7, 11) is 0. The molecule has 74 valence electrons. The molecule has 0 spiro atoms. The Hall–Kier alpha value is -1.06. The first kappa shape index (κ1) is 11.0. The second-order valence-electron chi connectivity index (χ2n) is 2.44. The lowest BCUT2D eigenvalue weighted by atomic mass is 10.2. The van der Waals surface area contributed by atoms with Crippen LogP contribution in [-0.2, 0) is 9.63 Å². The normalized spacial score (nSPS) is 11.2. The Bertz CT molecular complexity index is 377. The Morgan fingerprint density at radius 2 is 2.07 bits per heavy atom. The van der Waals surface area contributed by atoms with E-state index in [9.17, 15) is 4.79 Å². The van der Waals surface area contributed by atoms with Gasteiger partial charge in [-0.25, -0.2) is 4.79 Å². The maximum absolute atomic E-state index is 10.4. The number of halogens is 2. The van der Waals surface area contributed by atoms with E-state index in [1.165, 1.54) is 6.92 Å². The van der Waals surface area contributed by atoms with Gasteiger partial charge in [0.25, 0.3) is 0 Å². The predicted octanol–water partition coefficient (Wildman–Crippen LogP) is 2.80. The largest absolute Gasteiger partial charge is 0.332 e. The van der Waals surface area contributed by atoms with E-state index in [1.807, 2.05) is 0 Å². The summed E-state index contributed by atoms with van der Waals surface area (Å²) < 4.78 is 0. The zero-order valence-electron chi connectivity index (χ0n) is 7.33. The Balaban J connectivity index is 2.89. The van der Waals surface area contributed by atoms with Crippen molar-refractivity contribution in [1.82, 2.24) is 0 Å². The molecule has 0 unspecified atom stereocenters. The van der Waals surface area contributed by atoms with Gasteiger partial charge in [0.1, 0.15) is 0 Å². The molecule has 1 rings (SSSR count). The highest BCUT2D eigenvalue weighted by atomic mass is 35.5. The van der Waals surface area contributed by atoms with Crippen LogP contribution >= 0.6 is 23.2 Å². The third-order valence-corrected chi connectivity index (χ3v) is 1.95. The molecule has 0 aliphatic carbocycles. The topological polar surface area (TPSA) is 38.7 Å². The third-order valence-electron chi connectivity index (χ3n) is 1.35.